The molecule has 4 heterocycles. The van der Waals surface area contributed by atoms with Crippen LogP contribution < -0.4 is 5.56 Å². The van der Waals surface area contributed by atoms with Gasteiger partial charge in [-0.2, -0.15) is 0 Å². The molecule has 0 bridgehead atoms. The number of rotatable bonds is 5. The van der Waals surface area contributed by atoms with E-state index in [1.165, 1.54) is 10.4 Å². The Morgan fingerprint density at radius 3 is 2.97 bits per heavy atom. The Bertz CT molecular complexity index is 1380. The van der Waals surface area contributed by atoms with Gasteiger partial charge in [0.25, 0.3) is 5.56 Å². The lowest BCUT2D eigenvalue weighted by molar-refractivity contribution is 0.509. The van der Waals surface area contributed by atoms with Crippen LogP contribution in [-0.4, -0.2) is 23.9 Å². The summed E-state index contributed by atoms with van der Waals surface area (Å²) in [5, 5.41) is 1.54. The maximum Gasteiger partial charge on any atom is 0.263 e. The highest BCUT2D eigenvalue weighted by atomic mass is 32.2. The summed E-state index contributed by atoms with van der Waals surface area (Å²) in [5.74, 6) is 2.00. The Morgan fingerprint density at radius 1 is 1.32 bits per heavy atom. The maximum atomic E-state index is 13.4. The number of thiophene rings is 1. The number of nitrogens with zero attached hydrogens (tertiary/aromatic N) is 5. The van der Waals surface area contributed by atoms with Gasteiger partial charge in [-0.1, -0.05) is 24.8 Å². The second-order valence-corrected chi connectivity index (χ2v) is 10.4. The minimum absolute atomic E-state index is 0.0580. The lowest BCUT2D eigenvalue weighted by atomic mass is 9.89. The first-order valence-electron chi connectivity index (χ1n) is 10.6. The summed E-state index contributed by atoms with van der Waals surface area (Å²) in [4.78, 5) is 29.8. The van der Waals surface area contributed by atoms with Crippen molar-refractivity contribution in [1.82, 2.24) is 23.9 Å². The average Bonchev–Trinajstić information content (AvgIpc) is 3.29. The lowest BCUT2D eigenvalue weighted by Gasteiger charge is -2.17. The Labute approximate surface area is 189 Å². The van der Waals surface area contributed by atoms with Gasteiger partial charge < -0.3 is 0 Å². The number of fused-ring (bicyclic) bond motifs is 4. The molecule has 1 unspecified atom stereocenters. The molecule has 0 saturated heterocycles. The molecule has 4 aromatic heterocycles. The Kier molecular flexibility index (Phi) is 5.22. The molecular weight excluding hydrogens is 426 g/mol. The van der Waals surface area contributed by atoms with Crippen molar-refractivity contribution in [3.63, 3.8) is 0 Å². The van der Waals surface area contributed by atoms with Crippen molar-refractivity contribution in [2.75, 3.05) is 0 Å². The molecule has 0 N–H and O–H groups in total. The predicted molar refractivity (Wildman–Crippen MR) is 127 cm³/mol. The molecule has 6 nitrogen and oxygen atoms in total. The predicted octanol–water partition coefficient (Wildman–Crippen LogP) is 4.72. The van der Waals surface area contributed by atoms with E-state index < -0.39 is 0 Å². The Morgan fingerprint density at radius 2 is 2.16 bits per heavy atom. The highest BCUT2D eigenvalue weighted by Gasteiger charge is 2.24. The van der Waals surface area contributed by atoms with Crippen LogP contribution in [0.4, 0.5) is 0 Å². The number of aryl methyl sites for hydroxylation is 3. The highest BCUT2D eigenvalue weighted by molar-refractivity contribution is 7.98. The molecule has 8 heteroatoms. The van der Waals surface area contributed by atoms with Gasteiger partial charge in [0, 0.05) is 34.8 Å². The van der Waals surface area contributed by atoms with E-state index in [1.54, 1.807) is 33.7 Å². The van der Waals surface area contributed by atoms with Crippen molar-refractivity contribution >= 4 is 39.1 Å². The first kappa shape index (κ1) is 20.5. The van der Waals surface area contributed by atoms with Crippen molar-refractivity contribution in [1.29, 1.82) is 0 Å². The van der Waals surface area contributed by atoms with E-state index in [0.29, 0.717) is 24.0 Å². The van der Waals surface area contributed by atoms with E-state index in [-0.39, 0.29) is 5.56 Å². The number of aromatic nitrogens is 5. The van der Waals surface area contributed by atoms with E-state index in [9.17, 15) is 4.79 Å². The summed E-state index contributed by atoms with van der Waals surface area (Å²) in [7, 11) is 0. The summed E-state index contributed by atoms with van der Waals surface area (Å²) in [6.45, 7) is 10.6. The number of imidazole rings is 1. The van der Waals surface area contributed by atoms with Gasteiger partial charge in [0.1, 0.15) is 4.83 Å². The van der Waals surface area contributed by atoms with Gasteiger partial charge in [0.15, 0.2) is 5.16 Å². The molecule has 0 aromatic carbocycles. The number of thioether (sulfide) groups is 1. The van der Waals surface area contributed by atoms with Crippen molar-refractivity contribution in [2.24, 2.45) is 5.92 Å². The molecular formula is C23H25N5OS2. The largest absolute Gasteiger partial charge is 0.288 e. The summed E-state index contributed by atoms with van der Waals surface area (Å²) in [5.41, 5.74) is 4.26. The molecule has 0 amide bonds. The molecule has 0 saturated carbocycles. The Hall–Kier alpha value is -2.45. The zero-order chi connectivity index (χ0) is 21.7. The van der Waals surface area contributed by atoms with Crippen molar-refractivity contribution < 1.29 is 0 Å². The van der Waals surface area contributed by atoms with Crippen LogP contribution in [0.2, 0.25) is 0 Å². The normalized spacial score (nSPS) is 16.2. The van der Waals surface area contributed by atoms with Crippen LogP contribution in [0.3, 0.4) is 0 Å². The molecule has 0 fully saturated rings. The maximum absolute atomic E-state index is 13.4. The summed E-state index contributed by atoms with van der Waals surface area (Å²) in [6, 6.07) is 2.04. The average molecular weight is 452 g/mol. The number of hydrogen-bond acceptors (Lipinski definition) is 6. The van der Waals surface area contributed by atoms with Crippen molar-refractivity contribution in [3.8, 4) is 0 Å². The van der Waals surface area contributed by atoms with Crippen LogP contribution >= 0.6 is 23.1 Å². The third-order valence-corrected chi connectivity index (χ3v) is 8.01. The lowest BCUT2D eigenvalue weighted by Crippen LogP contribution is -2.23. The van der Waals surface area contributed by atoms with E-state index >= 15 is 0 Å². The van der Waals surface area contributed by atoms with Gasteiger partial charge in [-0.25, -0.2) is 15.0 Å². The standard InChI is InChI=1S/C23H25N5OS2/c1-5-8-27-21(29)19-17-7-6-13(2)9-18(17)31-20(19)26-23(27)30-12-16-11-28-15(4)10-14(3)24-22(28)25-16/h5,10-11,13H,1,6-9,12H2,2-4H3. The Balaban J connectivity index is 1.53. The zero-order valence-electron chi connectivity index (χ0n) is 18.0. The molecule has 1 aliphatic rings. The van der Waals surface area contributed by atoms with Crippen LogP contribution in [0.5, 0.6) is 0 Å². The smallest absolute Gasteiger partial charge is 0.263 e. The molecule has 31 heavy (non-hydrogen) atoms. The van der Waals surface area contributed by atoms with Crippen LogP contribution in [-0.2, 0) is 25.1 Å². The van der Waals surface area contributed by atoms with Gasteiger partial charge in [0.2, 0.25) is 5.78 Å². The van der Waals surface area contributed by atoms with Gasteiger partial charge >= 0.3 is 0 Å². The van der Waals surface area contributed by atoms with E-state index in [2.05, 4.69) is 30.4 Å². The fraction of sp³-hybridized carbons (Fsp3) is 0.391. The molecule has 1 aliphatic carbocycles. The van der Waals surface area contributed by atoms with Crippen molar-refractivity contribution in [2.45, 2.75) is 57.5 Å². The fourth-order valence-corrected chi connectivity index (χ4v) is 6.65. The minimum atomic E-state index is 0.0580. The zero-order valence-corrected chi connectivity index (χ0v) is 19.6. The quantitative estimate of drug-likeness (QED) is 0.250. The van der Waals surface area contributed by atoms with Gasteiger partial charge in [0.05, 0.1) is 11.1 Å². The van der Waals surface area contributed by atoms with Gasteiger partial charge in [-0.15, -0.1) is 17.9 Å². The summed E-state index contributed by atoms with van der Waals surface area (Å²) < 4.78 is 3.76. The third-order valence-electron chi connectivity index (χ3n) is 5.85. The summed E-state index contributed by atoms with van der Waals surface area (Å²) in [6.07, 6.45) is 6.94. The first-order valence-corrected chi connectivity index (χ1v) is 12.4. The fourth-order valence-electron chi connectivity index (χ4n) is 4.33. The van der Waals surface area contributed by atoms with Gasteiger partial charge in [-0.05, 0) is 50.7 Å². The van der Waals surface area contributed by atoms with E-state index in [4.69, 9.17) is 4.98 Å². The van der Waals surface area contributed by atoms with Crippen molar-refractivity contribution in [3.05, 3.63) is 62.8 Å². The molecule has 160 valence electrons. The second kappa shape index (κ2) is 7.91. The minimum Gasteiger partial charge on any atom is -0.288 e. The van der Waals surface area contributed by atoms with Crippen LogP contribution in [0.25, 0.3) is 16.0 Å². The molecule has 4 aromatic rings. The molecule has 1 atom stereocenters. The molecule has 0 radical (unpaired) electrons. The highest BCUT2D eigenvalue weighted by Crippen LogP contribution is 2.36. The van der Waals surface area contributed by atoms with Crippen LogP contribution in [0.15, 0.2) is 34.9 Å². The molecule has 5 rings (SSSR count). The molecule has 0 aliphatic heterocycles. The first-order chi connectivity index (χ1) is 14.9. The number of allylic oxidation sites excluding steroid dienone is 1. The van der Waals surface area contributed by atoms with E-state index in [0.717, 1.165) is 51.7 Å². The SMILES string of the molecule is C=CCn1c(SCc2cn3c(C)cc(C)nc3n2)nc2sc3c(c2c1=O)CCC(C)C3. The number of hydrogen-bond donors (Lipinski definition) is 0. The van der Waals surface area contributed by atoms with Crippen LogP contribution in [0, 0.1) is 19.8 Å². The molecule has 0 spiro atoms. The monoisotopic (exact) mass is 451 g/mol. The second-order valence-electron chi connectivity index (χ2n) is 8.36. The third kappa shape index (κ3) is 3.61. The topological polar surface area (TPSA) is 65.1 Å². The summed E-state index contributed by atoms with van der Waals surface area (Å²) >= 11 is 3.24. The van der Waals surface area contributed by atoms with Gasteiger partial charge in [-0.3, -0.25) is 13.8 Å². The van der Waals surface area contributed by atoms with E-state index in [1.807, 2.05) is 23.6 Å². The van der Waals surface area contributed by atoms with Crippen LogP contribution in [0.1, 0.15) is 40.9 Å².